The monoisotopic (exact) mass is 587 g/mol. The summed E-state index contributed by atoms with van der Waals surface area (Å²) >= 11 is 0. The number of benzene rings is 5. The van der Waals surface area contributed by atoms with Crippen LogP contribution in [0.4, 0.5) is 0 Å². The number of fused-ring (bicyclic) bond motifs is 7. The van der Waals surface area contributed by atoms with Crippen molar-refractivity contribution in [3.8, 4) is 45.2 Å². The predicted molar refractivity (Wildman–Crippen MR) is 187 cm³/mol. The SMILES string of the molecule is c1ccc(-c2cc(-c3ccc(-c4nc5c(cnc6c5ccc5cccnc56)c5ccccc45)cc3)nc(-c3ccccc3)n2)cc1. The molecule has 5 heteroatoms. The summed E-state index contributed by atoms with van der Waals surface area (Å²) in [5.41, 5.74) is 9.44. The van der Waals surface area contributed by atoms with Crippen molar-refractivity contribution < 1.29 is 0 Å². The minimum atomic E-state index is 0.700. The van der Waals surface area contributed by atoms with Crippen molar-refractivity contribution in [1.82, 2.24) is 24.9 Å². The van der Waals surface area contributed by atoms with Crippen LogP contribution in [0.5, 0.6) is 0 Å². The summed E-state index contributed by atoms with van der Waals surface area (Å²) < 4.78 is 0. The van der Waals surface area contributed by atoms with E-state index in [9.17, 15) is 0 Å². The molecule has 5 nitrogen and oxygen atoms in total. The molecule has 0 unspecified atom stereocenters. The smallest absolute Gasteiger partial charge is 0.160 e. The standard InChI is InChI=1S/C41H25N5/c1-3-10-26(11-4-1)35-24-36(45-41(44-35)30-12-5-2-6-13-30)27-17-19-29(20-18-27)37-32-16-8-7-15-31(32)34-25-43-40-33(39(34)46-37)22-21-28-14-9-23-42-38(28)40/h1-25H. The molecule has 214 valence electrons. The van der Waals surface area contributed by atoms with Gasteiger partial charge in [0.25, 0.3) is 0 Å². The molecule has 0 N–H and O–H groups in total. The van der Waals surface area contributed by atoms with Crippen LogP contribution >= 0.6 is 0 Å². The number of hydrogen-bond acceptors (Lipinski definition) is 5. The third kappa shape index (κ3) is 4.37. The molecule has 46 heavy (non-hydrogen) atoms. The zero-order valence-electron chi connectivity index (χ0n) is 24.7. The third-order valence-electron chi connectivity index (χ3n) is 8.56. The summed E-state index contributed by atoms with van der Waals surface area (Å²) in [5.74, 6) is 0.700. The van der Waals surface area contributed by atoms with Crippen molar-refractivity contribution in [1.29, 1.82) is 0 Å². The Morgan fingerprint density at radius 2 is 1.02 bits per heavy atom. The van der Waals surface area contributed by atoms with Gasteiger partial charge in [0, 0.05) is 56.2 Å². The van der Waals surface area contributed by atoms with Gasteiger partial charge in [-0.15, -0.1) is 0 Å². The molecule has 0 radical (unpaired) electrons. The molecular weight excluding hydrogens is 562 g/mol. The van der Waals surface area contributed by atoms with Gasteiger partial charge in [0.2, 0.25) is 0 Å². The van der Waals surface area contributed by atoms with Gasteiger partial charge >= 0.3 is 0 Å². The van der Waals surface area contributed by atoms with Crippen molar-refractivity contribution >= 4 is 43.5 Å². The second-order valence-electron chi connectivity index (χ2n) is 11.3. The van der Waals surface area contributed by atoms with Gasteiger partial charge in [-0.05, 0) is 23.6 Å². The molecule has 0 saturated heterocycles. The van der Waals surface area contributed by atoms with E-state index >= 15 is 0 Å². The molecule has 0 aliphatic heterocycles. The summed E-state index contributed by atoms with van der Waals surface area (Å²) in [5, 5.41) is 5.30. The van der Waals surface area contributed by atoms with E-state index in [2.05, 4.69) is 89.9 Å². The maximum atomic E-state index is 5.33. The summed E-state index contributed by atoms with van der Waals surface area (Å²) in [7, 11) is 0. The quantitative estimate of drug-likeness (QED) is 0.192. The Morgan fingerprint density at radius 3 is 1.78 bits per heavy atom. The highest BCUT2D eigenvalue weighted by atomic mass is 14.9. The highest BCUT2D eigenvalue weighted by molar-refractivity contribution is 6.20. The fraction of sp³-hybridized carbons (Fsp3) is 0. The summed E-state index contributed by atoms with van der Waals surface area (Å²) in [6.07, 6.45) is 3.76. The molecule has 0 aliphatic carbocycles. The normalized spacial score (nSPS) is 11.5. The van der Waals surface area contributed by atoms with Crippen molar-refractivity contribution in [2.75, 3.05) is 0 Å². The maximum Gasteiger partial charge on any atom is 0.160 e. The van der Waals surface area contributed by atoms with Crippen LogP contribution in [0.15, 0.2) is 152 Å². The Hall–Kier alpha value is -6.33. The largest absolute Gasteiger partial charge is 0.254 e. The average molecular weight is 588 g/mol. The minimum absolute atomic E-state index is 0.700. The van der Waals surface area contributed by atoms with E-state index in [1.807, 2.05) is 67.0 Å². The van der Waals surface area contributed by atoms with Crippen LogP contribution in [0.3, 0.4) is 0 Å². The number of rotatable bonds is 4. The van der Waals surface area contributed by atoms with Crippen LogP contribution in [-0.4, -0.2) is 24.9 Å². The molecule has 0 spiro atoms. The maximum absolute atomic E-state index is 5.33. The average Bonchev–Trinajstić information content (AvgIpc) is 3.14. The first-order valence-electron chi connectivity index (χ1n) is 15.3. The highest BCUT2D eigenvalue weighted by Crippen LogP contribution is 2.37. The fourth-order valence-electron chi connectivity index (χ4n) is 6.29. The van der Waals surface area contributed by atoms with Gasteiger partial charge in [-0.3, -0.25) is 9.97 Å². The Bertz CT molecular complexity index is 2510. The molecule has 9 aromatic rings. The van der Waals surface area contributed by atoms with E-state index in [1.54, 1.807) is 0 Å². The van der Waals surface area contributed by atoms with Crippen LogP contribution in [0.25, 0.3) is 88.6 Å². The molecular formula is C41H25N5. The number of pyridine rings is 3. The Morgan fingerprint density at radius 1 is 0.370 bits per heavy atom. The van der Waals surface area contributed by atoms with Crippen molar-refractivity contribution in [3.63, 3.8) is 0 Å². The molecule has 4 heterocycles. The fourth-order valence-corrected chi connectivity index (χ4v) is 6.29. The molecule has 4 aromatic heterocycles. The lowest BCUT2D eigenvalue weighted by Gasteiger charge is -2.13. The molecule has 5 aromatic carbocycles. The number of aromatic nitrogens is 5. The number of nitrogens with zero attached hydrogens (tertiary/aromatic N) is 5. The topological polar surface area (TPSA) is 64.5 Å². The van der Waals surface area contributed by atoms with Gasteiger partial charge < -0.3 is 0 Å². The first-order valence-corrected chi connectivity index (χ1v) is 15.3. The van der Waals surface area contributed by atoms with E-state index in [0.717, 1.165) is 82.8 Å². The first kappa shape index (κ1) is 26.1. The van der Waals surface area contributed by atoms with Crippen LogP contribution in [0, 0.1) is 0 Å². The molecule has 0 fully saturated rings. The third-order valence-corrected chi connectivity index (χ3v) is 8.56. The van der Waals surface area contributed by atoms with E-state index in [-0.39, 0.29) is 0 Å². The van der Waals surface area contributed by atoms with Crippen LogP contribution < -0.4 is 0 Å². The minimum Gasteiger partial charge on any atom is -0.254 e. The van der Waals surface area contributed by atoms with Crippen molar-refractivity contribution in [3.05, 3.63) is 152 Å². The van der Waals surface area contributed by atoms with Gasteiger partial charge in [0.15, 0.2) is 5.82 Å². The zero-order valence-corrected chi connectivity index (χ0v) is 24.7. The second kappa shape index (κ2) is 10.7. The van der Waals surface area contributed by atoms with Crippen LogP contribution in [0.1, 0.15) is 0 Å². The van der Waals surface area contributed by atoms with Crippen molar-refractivity contribution in [2.24, 2.45) is 0 Å². The van der Waals surface area contributed by atoms with Crippen molar-refractivity contribution in [2.45, 2.75) is 0 Å². The number of hydrogen-bond donors (Lipinski definition) is 0. The molecule has 0 saturated carbocycles. The summed E-state index contributed by atoms with van der Waals surface area (Å²) in [4.78, 5) is 24.8. The zero-order chi connectivity index (χ0) is 30.5. The summed E-state index contributed by atoms with van der Waals surface area (Å²) in [6, 6.07) is 47.7. The molecule has 9 rings (SSSR count). The first-order chi connectivity index (χ1) is 22.8. The van der Waals surface area contributed by atoms with E-state index in [1.165, 1.54) is 0 Å². The van der Waals surface area contributed by atoms with E-state index in [4.69, 9.17) is 19.9 Å². The lowest BCUT2D eigenvalue weighted by atomic mass is 9.98. The molecule has 0 aliphatic rings. The lowest BCUT2D eigenvalue weighted by Crippen LogP contribution is -1.96. The van der Waals surface area contributed by atoms with Crippen LogP contribution in [0.2, 0.25) is 0 Å². The second-order valence-corrected chi connectivity index (χ2v) is 11.3. The Balaban J connectivity index is 1.21. The molecule has 0 atom stereocenters. The van der Waals surface area contributed by atoms with Gasteiger partial charge in [-0.2, -0.15) is 0 Å². The molecule has 0 amide bonds. The molecule has 0 bridgehead atoms. The Labute approximate surface area is 264 Å². The van der Waals surface area contributed by atoms with E-state index < -0.39 is 0 Å². The Kier molecular flexibility index (Phi) is 6.06. The lowest BCUT2D eigenvalue weighted by molar-refractivity contribution is 1.18. The van der Waals surface area contributed by atoms with E-state index in [0.29, 0.717) is 5.82 Å². The highest BCUT2D eigenvalue weighted by Gasteiger charge is 2.16. The predicted octanol–water partition coefficient (Wildman–Crippen LogP) is 9.94. The summed E-state index contributed by atoms with van der Waals surface area (Å²) in [6.45, 7) is 0. The van der Waals surface area contributed by atoms with Crippen LogP contribution in [-0.2, 0) is 0 Å². The van der Waals surface area contributed by atoms with Gasteiger partial charge in [-0.25, -0.2) is 15.0 Å². The van der Waals surface area contributed by atoms with Gasteiger partial charge in [-0.1, -0.05) is 121 Å². The van der Waals surface area contributed by atoms with Gasteiger partial charge in [0.05, 0.1) is 33.6 Å². The van der Waals surface area contributed by atoms with Gasteiger partial charge in [0.1, 0.15) is 0 Å².